The number of nitro groups is 1. The normalized spacial score (nSPS) is 10.6. The highest BCUT2D eigenvalue weighted by atomic mass is 16.6. The van der Waals surface area contributed by atoms with E-state index in [-0.39, 0.29) is 23.5 Å². The topological polar surface area (TPSA) is 135 Å². The van der Waals surface area contributed by atoms with E-state index in [1.807, 2.05) is 6.07 Å². The van der Waals surface area contributed by atoms with Gasteiger partial charge in [-0.3, -0.25) is 14.9 Å². The Morgan fingerprint density at radius 1 is 1.68 bits per heavy atom. The van der Waals surface area contributed by atoms with Crippen LogP contribution in [-0.2, 0) is 4.79 Å². The number of aromatic nitrogens is 1. The van der Waals surface area contributed by atoms with E-state index in [2.05, 4.69) is 10.3 Å². The number of anilines is 1. The fraction of sp³-hybridized carbons (Fsp3) is 0.364. The molecule has 100 valence electrons. The third-order valence-corrected chi connectivity index (χ3v) is 2.28. The minimum absolute atomic E-state index is 0.0340. The minimum Gasteiger partial charge on any atom is -0.370 e. The summed E-state index contributed by atoms with van der Waals surface area (Å²) < 4.78 is 0. The molecule has 19 heavy (non-hydrogen) atoms. The summed E-state index contributed by atoms with van der Waals surface area (Å²) in [4.78, 5) is 24.7. The van der Waals surface area contributed by atoms with Crippen molar-refractivity contribution < 1.29 is 9.72 Å². The van der Waals surface area contributed by atoms with E-state index < -0.39 is 16.4 Å². The van der Waals surface area contributed by atoms with Crippen molar-refractivity contribution in [1.82, 2.24) is 4.98 Å². The van der Waals surface area contributed by atoms with Crippen LogP contribution in [0.3, 0.4) is 0 Å². The Labute approximate surface area is 109 Å². The summed E-state index contributed by atoms with van der Waals surface area (Å²) in [7, 11) is 0. The number of primary amides is 1. The monoisotopic (exact) mass is 263 g/mol. The molecule has 1 aromatic rings. The Hall–Kier alpha value is -2.69. The van der Waals surface area contributed by atoms with E-state index in [0.717, 1.165) is 12.3 Å². The number of hydrogen-bond acceptors (Lipinski definition) is 6. The lowest BCUT2D eigenvalue weighted by Crippen LogP contribution is -2.36. The highest BCUT2D eigenvalue weighted by Gasteiger charge is 2.23. The number of amides is 1. The molecule has 1 aromatic heterocycles. The number of nitriles is 1. The highest BCUT2D eigenvalue weighted by Crippen LogP contribution is 2.22. The highest BCUT2D eigenvalue weighted by molar-refractivity contribution is 5.75. The van der Waals surface area contributed by atoms with Crippen LogP contribution in [0.1, 0.15) is 25.8 Å². The minimum atomic E-state index is -0.708. The molecule has 8 heteroatoms. The van der Waals surface area contributed by atoms with Crippen LogP contribution in [0.25, 0.3) is 0 Å². The summed E-state index contributed by atoms with van der Waals surface area (Å²) in [5.74, 6) is -0.322. The van der Waals surface area contributed by atoms with Crippen molar-refractivity contribution in [1.29, 1.82) is 5.26 Å². The predicted molar refractivity (Wildman–Crippen MR) is 67.1 cm³/mol. The summed E-state index contributed by atoms with van der Waals surface area (Å²) in [6, 6.07) is 2.94. The fourth-order valence-corrected chi connectivity index (χ4v) is 1.54. The van der Waals surface area contributed by atoms with Gasteiger partial charge < -0.3 is 11.1 Å². The molecular formula is C11H13N5O3. The van der Waals surface area contributed by atoms with Crippen LogP contribution in [0.5, 0.6) is 0 Å². The van der Waals surface area contributed by atoms with Crippen LogP contribution in [0, 0.1) is 21.4 Å². The van der Waals surface area contributed by atoms with Gasteiger partial charge in [-0.2, -0.15) is 5.26 Å². The summed E-state index contributed by atoms with van der Waals surface area (Å²) in [5, 5.41) is 22.4. The standard InChI is InChI=1S/C11H13N5O3/c1-11(2,4-9(13)17)15-10-7(5-12)3-8(6-14-10)16(18)19/h3,6H,4H2,1-2H3,(H2,13,17)(H,14,15). The van der Waals surface area contributed by atoms with Gasteiger partial charge in [-0.1, -0.05) is 0 Å². The van der Waals surface area contributed by atoms with E-state index >= 15 is 0 Å². The smallest absolute Gasteiger partial charge is 0.289 e. The molecule has 0 saturated carbocycles. The van der Waals surface area contributed by atoms with Gasteiger partial charge in [0.15, 0.2) is 0 Å². The van der Waals surface area contributed by atoms with Gasteiger partial charge in [0.05, 0.1) is 4.92 Å². The Bertz CT molecular complexity index is 562. The lowest BCUT2D eigenvalue weighted by molar-refractivity contribution is -0.385. The Morgan fingerprint density at radius 3 is 2.79 bits per heavy atom. The van der Waals surface area contributed by atoms with Crippen molar-refractivity contribution in [2.24, 2.45) is 5.73 Å². The van der Waals surface area contributed by atoms with Crippen LogP contribution in [0.4, 0.5) is 11.5 Å². The molecular weight excluding hydrogens is 250 g/mol. The van der Waals surface area contributed by atoms with Crippen LogP contribution in [0.15, 0.2) is 12.3 Å². The molecule has 0 bridgehead atoms. The van der Waals surface area contributed by atoms with E-state index in [9.17, 15) is 14.9 Å². The van der Waals surface area contributed by atoms with E-state index in [1.54, 1.807) is 13.8 Å². The van der Waals surface area contributed by atoms with Gasteiger partial charge in [-0.25, -0.2) is 4.98 Å². The molecule has 1 rings (SSSR count). The molecule has 8 nitrogen and oxygen atoms in total. The first-order valence-corrected chi connectivity index (χ1v) is 5.36. The van der Waals surface area contributed by atoms with Crippen molar-refractivity contribution in [2.45, 2.75) is 25.8 Å². The largest absolute Gasteiger partial charge is 0.370 e. The third-order valence-electron chi connectivity index (χ3n) is 2.28. The molecule has 0 unspecified atom stereocenters. The fourth-order valence-electron chi connectivity index (χ4n) is 1.54. The lowest BCUT2D eigenvalue weighted by Gasteiger charge is -2.25. The second-order valence-electron chi connectivity index (χ2n) is 4.61. The molecule has 0 aliphatic carbocycles. The van der Waals surface area contributed by atoms with Crippen LogP contribution >= 0.6 is 0 Å². The zero-order valence-electron chi connectivity index (χ0n) is 10.5. The van der Waals surface area contributed by atoms with Gasteiger partial charge >= 0.3 is 0 Å². The summed E-state index contributed by atoms with van der Waals surface area (Å²) >= 11 is 0. The third kappa shape index (κ3) is 3.92. The van der Waals surface area contributed by atoms with Gasteiger partial charge in [-0.05, 0) is 13.8 Å². The summed E-state index contributed by atoms with van der Waals surface area (Å²) in [6.07, 6.45) is 1.08. The van der Waals surface area contributed by atoms with E-state index in [0.29, 0.717) is 0 Å². The maximum absolute atomic E-state index is 10.9. The predicted octanol–water partition coefficient (Wildman–Crippen LogP) is 0.927. The molecule has 3 N–H and O–H groups in total. The summed E-state index contributed by atoms with van der Waals surface area (Å²) in [5.41, 5.74) is 4.17. The van der Waals surface area contributed by atoms with Crippen molar-refractivity contribution in [3.05, 3.63) is 27.9 Å². The van der Waals surface area contributed by atoms with Crippen molar-refractivity contribution in [2.75, 3.05) is 5.32 Å². The maximum Gasteiger partial charge on any atom is 0.289 e. The first kappa shape index (κ1) is 14.4. The molecule has 0 atom stereocenters. The Kier molecular flexibility index (Phi) is 4.01. The molecule has 0 spiro atoms. The number of carbonyl (C=O) groups excluding carboxylic acids is 1. The van der Waals surface area contributed by atoms with Gasteiger partial charge in [0.25, 0.3) is 5.69 Å². The number of rotatable bonds is 5. The second kappa shape index (κ2) is 5.30. The zero-order valence-corrected chi connectivity index (χ0v) is 10.5. The number of nitrogens with two attached hydrogens (primary N) is 1. The molecule has 0 aromatic carbocycles. The molecule has 1 heterocycles. The van der Waals surface area contributed by atoms with Crippen LogP contribution in [-0.4, -0.2) is 21.4 Å². The maximum atomic E-state index is 10.9. The Balaban J connectivity index is 3.05. The van der Waals surface area contributed by atoms with E-state index in [4.69, 9.17) is 11.0 Å². The SMILES string of the molecule is CC(C)(CC(N)=O)Nc1ncc([N+](=O)[O-])cc1C#N. The molecule has 1 amide bonds. The average Bonchev–Trinajstić information content (AvgIpc) is 2.26. The second-order valence-corrected chi connectivity index (χ2v) is 4.61. The van der Waals surface area contributed by atoms with E-state index in [1.165, 1.54) is 0 Å². The molecule has 0 saturated heterocycles. The van der Waals surface area contributed by atoms with Crippen molar-refractivity contribution in [3.63, 3.8) is 0 Å². The molecule has 0 aliphatic rings. The zero-order chi connectivity index (χ0) is 14.6. The van der Waals surface area contributed by atoms with Crippen LogP contribution < -0.4 is 11.1 Å². The molecule has 0 fully saturated rings. The van der Waals surface area contributed by atoms with Gasteiger partial charge in [0, 0.05) is 18.0 Å². The van der Waals surface area contributed by atoms with Crippen molar-refractivity contribution >= 4 is 17.4 Å². The Morgan fingerprint density at radius 2 is 2.32 bits per heavy atom. The first-order valence-electron chi connectivity index (χ1n) is 5.36. The quantitative estimate of drug-likeness (QED) is 0.599. The number of hydrogen-bond donors (Lipinski definition) is 2. The molecule has 0 aliphatic heterocycles. The van der Waals surface area contributed by atoms with Gasteiger partial charge in [-0.15, -0.1) is 0 Å². The average molecular weight is 263 g/mol. The van der Waals surface area contributed by atoms with Crippen molar-refractivity contribution in [3.8, 4) is 6.07 Å². The first-order chi connectivity index (χ1) is 8.75. The van der Waals surface area contributed by atoms with Gasteiger partial charge in [0.2, 0.25) is 5.91 Å². The number of nitrogens with zero attached hydrogens (tertiary/aromatic N) is 3. The number of nitrogens with one attached hydrogen (secondary N) is 1. The van der Waals surface area contributed by atoms with Gasteiger partial charge in [0.1, 0.15) is 23.6 Å². The number of carbonyl (C=O) groups is 1. The van der Waals surface area contributed by atoms with Crippen LogP contribution in [0.2, 0.25) is 0 Å². The lowest BCUT2D eigenvalue weighted by atomic mass is 10.00. The summed E-state index contributed by atoms with van der Waals surface area (Å²) in [6.45, 7) is 3.42. The molecule has 0 radical (unpaired) electrons. The number of pyridine rings is 1.